The highest BCUT2D eigenvalue weighted by Crippen LogP contribution is 2.22. The molecule has 1 aromatic rings. The van der Waals surface area contributed by atoms with Gasteiger partial charge in [0.15, 0.2) is 0 Å². The molecule has 22 heavy (non-hydrogen) atoms. The van der Waals surface area contributed by atoms with E-state index in [2.05, 4.69) is 0 Å². The Balaban J connectivity index is 0.00000242. The second-order valence-corrected chi connectivity index (χ2v) is 5.78. The van der Waals surface area contributed by atoms with Crippen molar-refractivity contribution in [2.45, 2.75) is 25.4 Å². The van der Waals surface area contributed by atoms with Crippen LogP contribution in [-0.4, -0.2) is 37.1 Å². The van der Waals surface area contributed by atoms with Gasteiger partial charge in [0.2, 0.25) is 5.91 Å². The lowest BCUT2D eigenvalue weighted by atomic mass is 9.91. The quantitative estimate of drug-likeness (QED) is 0.907. The Bertz CT molecular complexity index is 490. The van der Waals surface area contributed by atoms with Gasteiger partial charge >= 0.3 is 0 Å². The van der Waals surface area contributed by atoms with Crippen molar-refractivity contribution in [2.75, 3.05) is 20.3 Å². The van der Waals surface area contributed by atoms with E-state index in [0.717, 1.165) is 12.8 Å². The van der Waals surface area contributed by atoms with Crippen molar-refractivity contribution in [3.63, 3.8) is 0 Å². The van der Waals surface area contributed by atoms with Crippen LogP contribution in [0.5, 0.6) is 0 Å². The molecule has 1 amide bonds. The number of ether oxygens (including phenoxy) is 1. The first-order chi connectivity index (χ1) is 10.0. The number of carbonyl (C=O) groups excluding carboxylic acids is 1. The molecule has 1 atom stereocenters. The van der Waals surface area contributed by atoms with Crippen molar-refractivity contribution in [3.8, 4) is 0 Å². The van der Waals surface area contributed by atoms with Crippen LogP contribution in [0.3, 0.4) is 0 Å². The average Bonchev–Trinajstić information content (AvgIpc) is 2.50. The molecule has 1 heterocycles. The van der Waals surface area contributed by atoms with Gasteiger partial charge in [0.25, 0.3) is 0 Å². The van der Waals surface area contributed by atoms with Crippen LogP contribution in [0.4, 0.5) is 4.39 Å². The first-order valence-electron chi connectivity index (χ1n) is 7.02. The van der Waals surface area contributed by atoms with E-state index in [1.165, 1.54) is 17.0 Å². The normalized spacial score (nSPS) is 16.7. The van der Waals surface area contributed by atoms with Gasteiger partial charge in [0, 0.05) is 37.4 Å². The number of likely N-dealkylation sites (N-methyl/N-ethyl adjacent to an activating group) is 1. The van der Waals surface area contributed by atoms with Crippen molar-refractivity contribution < 1.29 is 13.9 Å². The van der Waals surface area contributed by atoms with Crippen molar-refractivity contribution in [1.29, 1.82) is 0 Å². The highest BCUT2D eigenvalue weighted by molar-refractivity contribution is 6.31. The van der Waals surface area contributed by atoms with Crippen LogP contribution >= 0.6 is 24.0 Å². The minimum atomic E-state index is -0.579. The molecule has 124 valence electrons. The zero-order valence-corrected chi connectivity index (χ0v) is 14.0. The summed E-state index contributed by atoms with van der Waals surface area (Å²) in [6.45, 7) is 1.38. The lowest BCUT2D eigenvalue weighted by Crippen LogP contribution is -2.47. The molecule has 2 rings (SSSR count). The molecule has 1 aliphatic rings. The van der Waals surface area contributed by atoms with Gasteiger partial charge in [-0.2, -0.15) is 0 Å². The van der Waals surface area contributed by atoms with Crippen LogP contribution in [0.2, 0.25) is 5.02 Å². The number of rotatable bonds is 4. The first kappa shape index (κ1) is 19.2. The number of hydrogen-bond donors (Lipinski definition) is 1. The molecule has 1 aliphatic heterocycles. The number of hydrogen-bond acceptors (Lipinski definition) is 3. The maximum absolute atomic E-state index is 13.8. The van der Waals surface area contributed by atoms with Crippen LogP contribution in [0.15, 0.2) is 18.2 Å². The molecule has 1 aromatic carbocycles. The molecule has 0 aliphatic carbocycles. The zero-order chi connectivity index (χ0) is 15.4. The number of carbonyl (C=O) groups is 1. The highest BCUT2D eigenvalue weighted by Gasteiger charge is 2.29. The van der Waals surface area contributed by atoms with Crippen molar-refractivity contribution >= 4 is 29.9 Å². The fraction of sp³-hybridized carbons (Fsp3) is 0.533. The van der Waals surface area contributed by atoms with Gasteiger partial charge in [-0.25, -0.2) is 4.39 Å². The van der Waals surface area contributed by atoms with Crippen LogP contribution in [-0.2, 0) is 16.1 Å². The maximum atomic E-state index is 13.8. The second kappa shape index (κ2) is 8.67. The molecular formula is C15H21Cl2FN2O2. The van der Waals surface area contributed by atoms with Gasteiger partial charge in [0.1, 0.15) is 5.82 Å². The highest BCUT2D eigenvalue weighted by atomic mass is 35.5. The summed E-state index contributed by atoms with van der Waals surface area (Å²) in [5.41, 5.74) is 6.36. The van der Waals surface area contributed by atoms with Crippen molar-refractivity contribution in [2.24, 2.45) is 11.7 Å². The van der Waals surface area contributed by atoms with E-state index in [9.17, 15) is 9.18 Å². The summed E-state index contributed by atoms with van der Waals surface area (Å²) >= 11 is 5.98. The molecule has 0 aromatic heterocycles. The zero-order valence-electron chi connectivity index (χ0n) is 12.4. The Hall–Kier alpha value is -0.880. The molecule has 0 bridgehead atoms. The van der Waals surface area contributed by atoms with Gasteiger partial charge in [-0.1, -0.05) is 17.7 Å². The number of amides is 1. The van der Waals surface area contributed by atoms with Gasteiger partial charge in [-0.15, -0.1) is 12.4 Å². The Kier molecular flexibility index (Phi) is 7.56. The Morgan fingerprint density at radius 1 is 1.50 bits per heavy atom. The molecule has 1 unspecified atom stereocenters. The minimum Gasteiger partial charge on any atom is -0.381 e. The fourth-order valence-corrected chi connectivity index (χ4v) is 2.75. The summed E-state index contributed by atoms with van der Waals surface area (Å²) in [4.78, 5) is 13.8. The monoisotopic (exact) mass is 350 g/mol. The number of nitrogens with two attached hydrogens (primary N) is 1. The summed E-state index contributed by atoms with van der Waals surface area (Å²) in [7, 11) is 1.62. The fourth-order valence-electron chi connectivity index (χ4n) is 2.53. The number of nitrogens with zero attached hydrogens (tertiary/aromatic N) is 1. The molecule has 1 fully saturated rings. The van der Waals surface area contributed by atoms with Gasteiger partial charge in [0.05, 0.1) is 6.04 Å². The Morgan fingerprint density at radius 2 is 2.14 bits per heavy atom. The van der Waals surface area contributed by atoms with Gasteiger partial charge in [-0.05, 0) is 30.9 Å². The number of benzene rings is 1. The van der Waals surface area contributed by atoms with Crippen LogP contribution < -0.4 is 5.73 Å². The van der Waals surface area contributed by atoms with Crippen LogP contribution in [0, 0.1) is 11.7 Å². The average molecular weight is 351 g/mol. The molecule has 0 radical (unpaired) electrons. The molecular weight excluding hydrogens is 330 g/mol. The summed E-state index contributed by atoms with van der Waals surface area (Å²) in [5, 5.41) is 0.314. The van der Waals surface area contributed by atoms with Crippen molar-refractivity contribution in [3.05, 3.63) is 34.6 Å². The van der Waals surface area contributed by atoms with Crippen molar-refractivity contribution in [1.82, 2.24) is 4.90 Å². The number of halogens is 3. The topological polar surface area (TPSA) is 55.6 Å². The SMILES string of the molecule is CN(Cc1c(F)cccc1Cl)C(=O)C(N)C1CCOCC1.Cl. The largest absolute Gasteiger partial charge is 0.381 e. The lowest BCUT2D eigenvalue weighted by molar-refractivity contribution is -0.133. The summed E-state index contributed by atoms with van der Waals surface area (Å²) in [5.74, 6) is -0.493. The molecule has 2 N–H and O–H groups in total. The summed E-state index contributed by atoms with van der Waals surface area (Å²) in [6.07, 6.45) is 1.56. The van der Waals surface area contributed by atoms with E-state index >= 15 is 0 Å². The molecule has 4 nitrogen and oxygen atoms in total. The Labute approximate surface area is 141 Å². The minimum absolute atomic E-state index is 0. The summed E-state index contributed by atoms with van der Waals surface area (Å²) in [6, 6.07) is 3.90. The standard InChI is InChI=1S/C15H20ClFN2O2.ClH/c1-19(9-11-12(16)3-2-4-13(11)17)15(20)14(18)10-5-7-21-8-6-10;/h2-4,10,14H,5-9,18H2,1H3;1H. The van der Waals surface area contributed by atoms with Crippen LogP contribution in [0.1, 0.15) is 18.4 Å². The smallest absolute Gasteiger partial charge is 0.239 e. The van der Waals surface area contributed by atoms with E-state index < -0.39 is 11.9 Å². The van der Waals surface area contributed by atoms with Crippen LogP contribution in [0.25, 0.3) is 0 Å². The predicted molar refractivity (Wildman–Crippen MR) is 86.7 cm³/mol. The summed E-state index contributed by atoms with van der Waals surface area (Å²) < 4.78 is 19.0. The van der Waals surface area contributed by atoms with E-state index in [1.54, 1.807) is 13.1 Å². The molecule has 1 saturated heterocycles. The van der Waals surface area contributed by atoms with Gasteiger partial charge < -0.3 is 15.4 Å². The van der Waals surface area contributed by atoms with Gasteiger partial charge in [-0.3, -0.25) is 4.79 Å². The lowest BCUT2D eigenvalue weighted by Gasteiger charge is -2.30. The third-order valence-electron chi connectivity index (χ3n) is 3.89. The first-order valence-corrected chi connectivity index (χ1v) is 7.39. The second-order valence-electron chi connectivity index (χ2n) is 5.37. The molecule has 0 saturated carbocycles. The predicted octanol–water partition coefficient (Wildman–Crippen LogP) is 2.61. The Morgan fingerprint density at radius 3 is 2.73 bits per heavy atom. The van der Waals surface area contributed by atoms with E-state index in [4.69, 9.17) is 22.1 Å². The van der Waals surface area contributed by atoms with E-state index in [1.807, 2.05) is 0 Å². The maximum Gasteiger partial charge on any atom is 0.239 e. The van der Waals surface area contributed by atoms with E-state index in [-0.39, 0.29) is 30.8 Å². The third-order valence-corrected chi connectivity index (χ3v) is 4.25. The third kappa shape index (κ3) is 4.56. The molecule has 7 heteroatoms. The molecule has 0 spiro atoms. The van der Waals surface area contributed by atoms with E-state index in [0.29, 0.717) is 23.8 Å².